The number of hydrogen-bond acceptors (Lipinski definition) is 3. The van der Waals surface area contributed by atoms with Gasteiger partial charge in [0.25, 0.3) is 0 Å². The van der Waals surface area contributed by atoms with Crippen LogP contribution in [0, 0.1) is 13.8 Å². The van der Waals surface area contributed by atoms with Gasteiger partial charge < -0.3 is 9.47 Å². The maximum absolute atomic E-state index is 12.7. The topological polar surface area (TPSA) is 35.5 Å². The summed E-state index contributed by atoms with van der Waals surface area (Å²) >= 11 is 0. The normalized spacial score (nSPS) is 10.4. The SMILES string of the molecule is COCCOc1ccccc1C(=O)c1cc(C)cc(C)c1. The molecule has 0 aliphatic carbocycles. The predicted molar refractivity (Wildman–Crippen MR) is 83.2 cm³/mol. The number of ketones is 1. The van der Waals surface area contributed by atoms with Crippen molar-refractivity contribution in [3.05, 3.63) is 64.7 Å². The second kappa shape index (κ2) is 7.04. The fourth-order valence-electron chi connectivity index (χ4n) is 2.28. The van der Waals surface area contributed by atoms with Gasteiger partial charge in [-0.3, -0.25) is 4.79 Å². The van der Waals surface area contributed by atoms with E-state index in [9.17, 15) is 4.79 Å². The van der Waals surface area contributed by atoms with Crippen LogP contribution in [0.4, 0.5) is 0 Å². The van der Waals surface area contributed by atoms with Gasteiger partial charge in [-0.15, -0.1) is 0 Å². The molecule has 3 nitrogen and oxygen atoms in total. The number of ether oxygens (including phenoxy) is 2. The molecule has 0 unspecified atom stereocenters. The van der Waals surface area contributed by atoms with E-state index >= 15 is 0 Å². The highest BCUT2D eigenvalue weighted by atomic mass is 16.5. The number of para-hydroxylation sites is 1. The standard InChI is InChI=1S/C18H20O3/c1-13-10-14(2)12-15(11-13)18(19)16-6-4-5-7-17(16)21-9-8-20-3/h4-7,10-12H,8-9H2,1-3H3. The number of carbonyl (C=O) groups is 1. The number of methoxy groups -OCH3 is 1. The van der Waals surface area contributed by atoms with Crippen molar-refractivity contribution in [3.63, 3.8) is 0 Å². The van der Waals surface area contributed by atoms with Gasteiger partial charge in [0, 0.05) is 12.7 Å². The van der Waals surface area contributed by atoms with Crippen LogP contribution >= 0.6 is 0 Å². The summed E-state index contributed by atoms with van der Waals surface area (Å²) in [7, 11) is 1.62. The third-order valence-electron chi connectivity index (χ3n) is 3.16. The van der Waals surface area contributed by atoms with Gasteiger partial charge in [-0.1, -0.05) is 29.3 Å². The minimum absolute atomic E-state index is 0.0187. The molecule has 0 spiro atoms. The van der Waals surface area contributed by atoms with Crippen LogP contribution in [0.3, 0.4) is 0 Å². The zero-order chi connectivity index (χ0) is 15.2. The summed E-state index contributed by atoms with van der Waals surface area (Å²) < 4.78 is 10.6. The lowest BCUT2D eigenvalue weighted by molar-refractivity contribution is 0.103. The van der Waals surface area contributed by atoms with E-state index in [4.69, 9.17) is 9.47 Å². The zero-order valence-corrected chi connectivity index (χ0v) is 12.7. The number of benzene rings is 2. The molecule has 2 aromatic rings. The Balaban J connectivity index is 2.30. The van der Waals surface area contributed by atoms with Crippen molar-refractivity contribution in [2.24, 2.45) is 0 Å². The quantitative estimate of drug-likeness (QED) is 0.601. The zero-order valence-electron chi connectivity index (χ0n) is 12.7. The van der Waals surface area contributed by atoms with E-state index in [0.717, 1.165) is 11.1 Å². The second-order valence-corrected chi connectivity index (χ2v) is 5.04. The molecule has 2 rings (SSSR count). The maximum atomic E-state index is 12.7. The van der Waals surface area contributed by atoms with E-state index in [1.807, 2.05) is 44.2 Å². The Bertz CT molecular complexity index is 612. The molecule has 0 aliphatic rings. The first-order valence-corrected chi connectivity index (χ1v) is 6.95. The van der Waals surface area contributed by atoms with E-state index in [1.54, 1.807) is 13.2 Å². The smallest absolute Gasteiger partial charge is 0.196 e. The van der Waals surface area contributed by atoms with Crippen molar-refractivity contribution < 1.29 is 14.3 Å². The highest BCUT2D eigenvalue weighted by molar-refractivity contribution is 6.10. The average molecular weight is 284 g/mol. The van der Waals surface area contributed by atoms with E-state index < -0.39 is 0 Å². The lowest BCUT2D eigenvalue weighted by Gasteiger charge is -2.11. The van der Waals surface area contributed by atoms with Crippen LogP contribution in [0.5, 0.6) is 5.75 Å². The molecule has 0 amide bonds. The number of hydrogen-bond donors (Lipinski definition) is 0. The minimum atomic E-state index is -0.0187. The third kappa shape index (κ3) is 3.92. The van der Waals surface area contributed by atoms with Crippen LogP contribution in [0.1, 0.15) is 27.0 Å². The molecular weight excluding hydrogens is 264 g/mol. The van der Waals surface area contributed by atoms with Crippen molar-refractivity contribution >= 4 is 5.78 Å². The van der Waals surface area contributed by atoms with Gasteiger partial charge in [-0.25, -0.2) is 0 Å². The summed E-state index contributed by atoms with van der Waals surface area (Å²) in [4.78, 5) is 12.7. The molecule has 0 N–H and O–H groups in total. The van der Waals surface area contributed by atoms with Crippen LogP contribution in [-0.4, -0.2) is 26.1 Å². The molecule has 0 atom stereocenters. The first-order valence-electron chi connectivity index (χ1n) is 6.95. The van der Waals surface area contributed by atoms with Crippen LogP contribution in [-0.2, 0) is 4.74 Å². The van der Waals surface area contributed by atoms with E-state index in [2.05, 4.69) is 6.07 Å². The average Bonchev–Trinajstić information content (AvgIpc) is 2.46. The minimum Gasteiger partial charge on any atom is -0.490 e. The summed E-state index contributed by atoms with van der Waals surface area (Å²) in [5.41, 5.74) is 3.43. The van der Waals surface area contributed by atoms with Gasteiger partial charge in [0.2, 0.25) is 0 Å². The lowest BCUT2D eigenvalue weighted by atomic mass is 9.99. The Morgan fingerprint density at radius 1 is 1.00 bits per heavy atom. The van der Waals surface area contributed by atoms with Gasteiger partial charge in [0.05, 0.1) is 12.2 Å². The van der Waals surface area contributed by atoms with Gasteiger partial charge in [-0.05, 0) is 38.1 Å². The highest BCUT2D eigenvalue weighted by Crippen LogP contribution is 2.22. The number of carbonyl (C=O) groups excluding carboxylic acids is 1. The molecular formula is C18H20O3. The van der Waals surface area contributed by atoms with Crippen molar-refractivity contribution in [1.29, 1.82) is 0 Å². The van der Waals surface area contributed by atoms with Crippen LogP contribution in [0.25, 0.3) is 0 Å². The van der Waals surface area contributed by atoms with Crippen LogP contribution < -0.4 is 4.74 Å². The van der Waals surface area contributed by atoms with Gasteiger partial charge in [0.15, 0.2) is 5.78 Å². The second-order valence-electron chi connectivity index (χ2n) is 5.04. The predicted octanol–water partition coefficient (Wildman–Crippen LogP) is 3.56. The summed E-state index contributed by atoms with van der Waals surface area (Å²) in [5, 5.41) is 0. The Hall–Kier alpha value is -2.13. The molecule has 0 heterocycles. The monoisotopic (exact) mass is 284 g/mol. The fourth-order valence-corrected chi connectivity index (χ4v) is 2.28. The number of aryl methyl sites for hydroxylation is 2. The molecule has 0 aliphatic heterocycles. The molecule has 0 saturated heterocycles. The highest BCUT2D eigenvalue weighted by Gasteiger charge is 2.14. The summed E-state index contributed by atoms with van der Waals surface area (Å²) in [6.45, 7) is 4.90. The molecule has 0 saturated carbocycles. The fraction of sp³-hybridized carbons (Fsp3) is 0.278. The van der Waals surface area contributed by atoms with E-state index in [0.29, 0.717) is 30.1 Å². The van der Waals surface area contributed by atoms with E-state index in [-0.39, 0.29) is 5.78 Å². The maximum Gasteiger partial charge on any atom is 0.196 e. The Morgan fingerprint density at radius 2 is 1.67 bits per heavy atom. The van der Waals surface area contributed by atoms with Gasteiger partial charge in [-0.2, -0.15) is 0 Å². The van der Waals surface area contributed by atoms with Crippen LogP contribution in [0.2, 0.25) is 0 Å². The summed E-state index contributed by atoms with van der Waals surface area (Å²) in [5.74, 6) is 0.577. The lowest BCUT2D eigenvalue weighted by Crippen LogP contribution is -2.09. The molecule has 2 aromatic carbocycles. The molecule has 21 heavy (non-hydrogen) atoms. The summed E-state index contributed by atoms with van der Waals surface area (Å²) in [6, 6.07) is 13.2. The third-order valence-corrected chi connectivity index (χ3v) is 3.16. The molecule has 0 fully saturated rings. The van der Waals surface area contributed by atoms with Crippen molar-refractivity contribution in [1.82, 2.24) is 0 Å². The largest absolute Gasteiger partial charge is 0.490 e. The first kappa shape index (κ1) is 15.3. The molecule has 0 bridgehead atoms. The van der Waals surface area contributed by atoms with Gasteiger partial charge >= 0.3 is 0 Å². The van der Waals surface area contributed by atoms with Gasteiger partial charge in [0.1, 0.15) is 12.4 Å². The van der Waals surface area contributed by atoms with Crippen molar-refractivity contribution in [3.8, 4) is 5.75 Å². The molecule has 3 heteroatoms. The number of rotatable bonds is 6. The first-order chi connectivity index (χ1) is 10.1. The van der Waals surface area contributed by atoms with Crippen LogP contribution in [0.15, 0.2) is 42.5 Å². The molecule has 0 radical (unpaired) electrons. The van der Waals surface area contributed by atoms with Crippen molar-refractivity contribution in [2.45, 2.75) is 13.8 Å². The summed E-state index contributed by atoms with van der Waals surface area (Å²) in [6.07, 6.45) is 0. The molecule has 0 aromatic heterocycles. The Kier molecular flexibility index (Phi) is 5.12. The van der Waals surface area contributed by atoms with Crippen molar-refractivity contribution in [2.75, 3.05) is 20.3 Å². The Morgan fingerprint density at radius 3 is 2.33 bits per heavy atom. The van der Waals surface area contributed by atoms with E-state index in [1.165, 1.54) is 0 Å². The molecule has 110 valence electrons. The Labute approximate surface area is 125 Å².